The first-order valence-corrected chi connectivity index (χ1v) is 11.7. The first kappa shape index (κ1) is 24.8. The fourth-order valence-electron chi connectivity index (χ4n) is 3.44. The second kappa shape index (κ2) is 11.9. The Morgan fingerprint density at radius 2 is 1.73 bits per heavy atom. The summed E-state index contributed by atoms with van der Waals surface area (Å²) >= 11 is 9.49. The van der Waals surface area contributed by atoms with E-state index in [0.717, 1.165) is 21.2 Å². The zero-order chi connectivity index (χ0) is 23.8. The minimum atomic E-state index is -0.698. The van der Waals surface area contributed by atoms with Gasteiger partial charge in [-0.05, 0) is 53.9 Å². The predicted octanol–water partition coefficient (Wildman–Crippen LogP) is 5.18. The molecular weight excluding hydrogens is 504 g/mol. The molecular formula is C26H26BrClN2O3. The molecule has 0 spiro atoms. The Balaban J connectivity index is 1.86. The molecule has 3 aromatic rings. The summed E-state index contributed by atoms with van der Waals surface area (Å²) in [5, 5.41) is 3.31. The fourth-order valence-corrected chi connectivity index (χ4v) is 3.81. The summed E-state index contributed by atoms with van der Waals surface area (Å²) in [5.41, 5.74) is 2.84. The van der Waals surface area contributed by atoms with Gasteiger partial charge in [0.15, 0.2) is 6.61 Å². The maximum atomic E-state index is 13.4. The van der Waals surface area contributed by atoms with Crippen molar-refractivity contribution in [3.63, 3.8) is 0 Å². The van der Waals surface area contributed by atoms with Crippen LogP contribution in [0.3, 0.4) is 0 Å². The Kier molecular flexibility index (Phi) is 8.92. The summed E-state index contributed by atoms with van der Waals surface area (Å²) in [6, 6.07) is 21.7. The van der Waals surface area contributed by atoms with Crippen molar-refractivity contribution in [1.82, 2.24) is 10.2 Å². The van der Waals surface area contributed by atoms with Gasteiger partial charge in [0.1, 0.15) is 11.8 Å². The van der Waals surface area contributed by atoms with Gasteiger partial charge in [-0.2, -0.15) is 0 Å². The van der Waals surface area contributed by atoms with Gasteiger partial charge < -0.3 is 15.0 Å². The monoisotopic (exact) mass is 528 g/mol. The van der Waals surface area contributed by atoms with Crippen LogP contribution in [0.15, 0.2) is 77.3 Å². The molecule has 172 valence electrons. The molecule has 0 fully saturated rings. The van der Waals surface area contributed by atoms with Gasteiger partial charge >= 0.3 is 0 Å². The number of hydrogen-bond acceptors (Lipinski definition) is 3. The van der Waals surface area contributed by atoms with E-state index >= 15 is 0 Å². The topological polar surface area (TPSA) is 58.6 Å². The number of amides is 2. The SMILES string of the molecule is CNC(=O)[C@H](Cc1ccccc1)N(Cc1ccc(Cl)cc1)C(=O)COc1ccc(Br)c(C)c1. The molecule has 5 nitrogen and oxygen atoms in total. The summed E-state index contributed by atoms with van der Waals surface area (Å²) in [6.07, 6.45) is 0.386. The Morgan fingerprint density at radius 1 is 1.03 bits per heavy atom. The van der Waals surface area contributed by atoms with Gasteiger partial charge in [0.05, 0.1) is 0 Å². The lowest BCUT2D eigenvalue weighted by Crippen LogP contribution is -2.51. The smallest absolute Gasteiger partial charge is 0.261 e. The molecule has 0 heterocycles. The minimum absolute atomic E-state index is 0.184. The fraction of sp³-hybridized carbons (Fsp3) is 0.231. The summed E-state index contributed by atoms with van der Waals surface area (Å²) in [5.74, 6) is 0.0748. The van der Waals surface area contributed by atoms with Crippen molar-refractivity contribution in [1.29, 1.82) is 0 Å². The highest BCUT2D eigenvalue weighted by atomic mass is 79.9. The average molecular weight is 530 g/mol. The first-order chi connectivity index (χ1) is 15.9. The van der Waals surface area contributed by atoms with Gasteiger partial charge in [0, 0.05) is 29.5 Å². The third-order valence-electron chi connectivity index (χ3n) is 5.28. The highest BCUT2D eigenvalue weighted by Crippen LogP contribution is 2.22. The predicted molar refractivity (Wildman–Crippen MR) is 134 cm³/mol. The number of hydrogen-bond donors (Lipinski definition) is 1. The Morgan fingerprint density at radius 3 is 2.36 bits per heavy atom. The lowest BCUT2D eigenvalue weighted by molar-refractivity contribution is -0.142. The first-order valence-electron chi connectivity index (χ1n) is 10.6. The molecule has 33 heavy (non-hydrogen) atoms. The molecule has 1 atom stereocenters. The Bertz CT molecular complexity index is 1090. The van der Waals surface area contributed by atoms with Gasteiger partial charge in [-0.1, -0.05) is 70.0 Å². The molecule has 3 aromatic carbocycles. The molecule has 0 saturated carbocycles. The van der Waals surface area contributed by atoms with Gasteiger partial charge in [0.2, 0.25) is 5.91 Å². The van der Waals surface area contributed by atoms with Crippen LogP contribution in [0.4, 0.5) is 0 Å². The number of rotatable bonds is 9. The quantitative estimate of drug-likeness (QED) is 0.416. The van der Waals surface area contributed by atoms with Crippen molar-refractivity contribution < 1.29 is 14.3 Å². The van der Waals surface area contributed by atoms with E-state index in [9.17, 15) is 9.59 Å². The van der Waals surface area contributed by atoms with Crippen LogP contribution < -0.4 is 10.1 Å². The van der Waals surface area contributed by atoms with Gasteiger partial charge in [0.25, 0.3) is 5.91 Å². The second-order valence-electron chi connectivity index (χ2n) is 7.67. The second-order valence-corrected chi connectivity index (χ2v) is 8.96. The van der Waals surface area contributed by atoms with Crippen molar-refractivity contribution in [3.8, 4) is 5.75 Å². The van der Waals surface area contributed by atoms with Gasteiger partial charge in [-0.25, -0.2) is 0 Å². The number of halogens is 2. The maximum Gasteiger partial charge on any atom is 0.261 e. The Hall–Kier alpha value is -2.83. The highest BCUT2D eigenvalue weighted by Gasteiger charge is 2.30. The lowest BCUT2D eigenvalue weighted by Gasteiger charge is -2.31. The van der Waals surface area contributed by atoms with E-state index in [0.29, 0.717) is 17.2 Å². The number of likely N-dealkylation sites (N-methyl/N-ethyl adjacent to an activating group) is 1. The van der Waals surface area contributed by atoms with E-state index in [1.165, 1.54) is 0 Å². The summed E-state index contributed by atoms with van der Waals surface area (Å²) in [4.78, 5) is 27.8. The van der Waals surface area contributed by atoms with Crippen molar-refractivity contribution in [2.45, 2.75) is 25.9 Å². The lowest BCUT2D eigenvalue weighted by atomic mass is 10.0. The molecule has 0 aliphatic heterocycles. The Labute approximate surface area is 207 Å². The number of ether oxygens (including phenoxy) is 1. The van der Waals surface area contributed by atoms with Crippen LogP contribution in [-0.4, -0.2) is 36.4 Å². The number of aryl methyl sites for hydroxylation is 1. The van der Waals surface area contributed by atoms with Crippen LogP contribution in [0.2, 0.25) is 5.02 Å². The van der Waals surface area contributed by atoms with E-state index < -0.39 is 6.04 Å². The highest BCUT2D eigenvalue weighted by molar-refractivity contribution is 9.10. The standard InChI is InChI=1S/C26H26BrClN2O3/c1-18-14-22(12-13-23(18)27)33-17-25(31)30(16-20-8-10-21(28)11-9-20)24(26(32)29-2)15-19-6-4-3-5-7-19/h3-14,24H,15-17H2,1-2H3,(H,29,32)/t24-/m0/s1. The van der Waals surface area contributed by atoms with Crippen LogP contribution in [0, 0.1) is 6.92 Å². The molecule has 0 bridgehead atoms. The number of benzene rings is 3. The molecule has 2 amide bonds. The van der Waals surface area contributed by atoms with Crippen LogP contribution in [0.1, 0.15) is 16.7 Å². The van der Waals surface area contributed by atoms with Crippen molar-refractivity contribution in [2.75, 3.05) is 13.7 Å². The molecule has 0 radical (unpaired) electrons. The summed E-state index contributed by atoms with van der Waals surface area (Å²) < 4.78 is 6.76. The van der Waals surface area contributed by atoms with E-state index in [-0.39, 0.29) is 25.0 Å². The van der Waals surface area contributed by atoms with Crippen LogP contribution in [0.5, 0.6) is 5.75 Å². The molecule has 0 aliphatic carbocycles. The summed E-state index contributed by atoms with van der Waals surface area (Å²) in [7, 11) is 1.58. The van der Waals surface area contributed by atoms with Gasteiger partial charge in [-0.15, -0.1) is 0 Å². The molecule has 1 N–H and O–H groups in total. The van der Waals surface area contributed by atoms with Crippen molar-refractivity contribution >= 4 is 39.3 Å². The zero-order valence-electron chi connectivity index (χ0n) is 18.6. The maximum absolute atomic E-state index is 13.4. The third-order valence-corrected chi connectivity index (χ3v) is 6.42. The molecule has 0 saturated heterocycles. The minimum Gasteiger partial charge on any atom is -0.484 e. The molecule has 3 rings (SSSR count). The largest absolute Gasteiger partial charge is 0.484 e. The van der Waals surface area contributed by atoms with Crippen LogP contribution >= 0.6 is 27.5 Å². The normalized spacial score (nSPS) is 11.5. The average Bonchev–Trinajstić information content (AvgIpc) is 2.83. The van der Waals surface area contributed by atoms with E-state index in [2.05, 4.69) is 21.2 Å². The van der Waals surface area contributed by atoms with Crippen molar-refractivity contribution in [3.05, 3.63) is 99.0 Å². The number of carbonyl (C=O) groups is 2. The number of nitrogens with one attached hydrogen (secondary N) is 1. The number of nitrogens with zero attached hydrogens (tertiary/aromatic N) is 1. The molecule has 0 unspecified atom stereocenters. The number of carbonyl (C=O) groups excluding carboxylic acids is 2. The molecule has 0 aromatic heterocycles. The molecule has 0 aliphatic rings. The summed E-state index contributed by atoms with van der Waals surface area (Å²) in [6.45, 7) is 2.02. The van der Waals surface area contributed by atoms with Crippen molar-refractivity contribution in [2.24, 2.45) is 0 Å². The third kappa shape index (κ3) is 7.07. The van der Waals surface area contributed by atoms with E-state index in [1.54, 1.807) is 30.1 Å². The van der Waals surface area contributed by atoms with E-state index in [1.807, 2.05) is 61.5 Å². The zero-order valence-corrected chi connectivity index (χ0v) is 20.9. The van der Waals surface area contributed by atoms with Gasteiger partial charge in [-0.3, -0.25) is 9.59 Å². The molecule has 7 heteroatoms. The van der Waals surface area contributed by atoms with Crippen LogP contribution in [-0.2, 0) is 22.6 Å². The van der Waals surface area contributed by atoms with Crippen LogP contribution in [0.25, 0.3) is 0 Å². The van der Waals surface area contributed by atoms with E-state index in [4.69, 9.17) is 16.3 Å².